The van der Waals surface area contributed by atoms with Crippen molar-refractivity contribution < 1.29 is 18.7 Å². The molecule has 2 amide bonds. The van der Waals surface area contributed by atoms with Crippen molar-refractivity contribution in [3.05, 3.63) is 46.2 Å². The highest BCUT2D eigenvalue weighted by Gasteiger charge is 2.31. The summed E-state index contributed by atoms with van der Waals surface area (Å²) in [7, 11) is 0. The van der Waals surface area contributed by atoms with E-state index in [4.69, 9.17) is 4.74 Å². The van der Waals surface area contributed by atoms with Gasteiger partial charge in [-0.25, -0.2) is 14.2 Å². The third-order valence-electron chi connectivity index (χ3n) is 6.66. The number of thiazole rings is 1. The molecular weight excluding hydrogens is 455 g/mol. The van der Waals surface area contributed by atoms with Gasteiger partial charge < -0.3 is 15.0 Å². The number of urea groups is 1. The van der Waals surface area contributed by atoms with Crippen LogP contribution in [0.25, 0.3) is 0 Å². The second-order valence-corrected chi connectivity index (χ2v) is 10.4. The van der Waals surface area contributed by atoms with Crippen molar-refractivity contribution in [1.29, 1.82) is 0 Å². The molecule has 2 N–H and O–H groups in total. The number of ketones is 1. The van der Waals surface area contributed by atoms with Crippen LogP contribution in [0.15, 0.2) is 24.3 Å². The maximum absolute atomic E-state index is 13.2. The lowest BCUT2D eigenvalue weighted by molar-refractivity contribution is 0.0134. The molecule has 2 aromatic rings. The highest BCUT2D eigenvalue weighted by Crippen LogP contribution is 2.25. The number of carbonyl (C=O) groups excluding carboxylic acids is 2. The van der Waals surface area contributed by atoms with E-state index in [2.05, 4.69) is 20.5 Å². The van der Waals surface area contributed by atoms with Gasteiger partial charge in [0.25, 0.3) is 0 Å². The first-order valence-corrected chi connectivity index (χ1v) is 12.8. The Morgan fingerprint density at radius 2 is 2.06 bits per heavy atom. The predicted molar refractivity (Wildman–Crippen MR) is 131 cm³/mol. The normalized spacial score (nSPS) is 23.4. The van der Waals surface area contributed by atoms with Crippen LogP contribution < -0.4 is 10.6 Å². The number of nitrogens with one attached hydrogen (secondary N) is 2. The molecule has 0 saturated carbocycles. The number of anilines is 1. The molecule has 3 heterocycles. The van der Waals surface area contributed by atoms with Crippen LogP contribution in [0.4, 0.5) is 14.3 Å². The van der Waals surface area contributed by atoms with Gasteiger partial charge in [0.1, 0.15) is 5.82 Å². The second-order valence-electron chi connectivity index (χ2n) is 9.42. The van der Waals surface area contributed by atoms with Gasteiger partial charge >= 0.3 is 6.03 Å². The average molecular weight is 489 g/mol. The van der Waals surface area contributed by atoms with Crippen molar-refractivity contribution in [2.24, 2.45) is 11.8 Å². The van der Waals surface area contributed by atoms with Crippen molar-refractivity contribution in [3.8, 4) is 0 Å². The molecule has 1 aromatic carbocycles. The van der Waals surface area contributed by atoms with Gasteiger partial charge in [0.05, 0.1) is 17.2 Å². The molecule has 1 unspecified atom stereocenters. The lowest BCUT2D eigenvalue weighted by Gasteiger charge is -2.39. The van der Waals surface area contributed by atoms with Crippen molar-refractivity contribution in [2.45, 2.75) is 45.6 Å². The van der Waals surface area contributed by atoms with Gasteiger partial charge in [-0.2, -0.15) is 0 Å². The highest BCUT2D eigenvalue weighted by molar-refractivity contribution is 7.17. The molecule has 9 heteroatoms. The van der Waals surface area contributed by atoms with E-state index in [1.807, 2.05) is 12.1 Å². The number of carbonyl (C=O) groups is 2. The molecule has 0 spiro atoms. The summed E-state index contributed by atoms with van der Waals surface area (Å²) in [5.74, 6) is 0.502. The lowest BCUT2D eigenvalue weighted by atomic mass is 9.89. The zero-order valence-electron chi connectivity index (χ0n) is 19.8. The van der Waals surface area contributed by atoms with Crippen LogP contribution in [0.3, 0.4) is 0 Å². The smallest absolute Gasteiger partial charge is 0.321 e. The molecule has 2 aliphatic heterocycles. The summed E-state index contributed by atoms with van der Waals surface area (Å²) in [6.07, 6.45) is 4.03. The number of benzene rings is 1. The first kappa shape index (κ1) is 24.8. The van der Waals surface area contributed by atoms with Gasteiger partial charge in [-0.15, -0.1) is 0 Å². The Morgan fingerprint density at radius 3 is 2.79 bits per heavy atom. The highest BCUT2D eigenvalue weighted by atomic mass is 32.1. The minimum absolute atomic E-state index is 0.0135. The van der Waals surface area contributed by atoms with E-state index >= 15 is 0 Å². The number of amides is 2. The molecule has 4 rings (SSSR count). The molecule has 7 nitrogen and oxygen atoms in total. The lowest BCUT2D eigenvalue weighted by Crippen LogP contribution is -2.51. The molecule has 0 bridgehead atoms. The van der Waals surface area contributed by atoms with Crippen molar-refractivity contribution in [2.75, 3.05) is 38.2 Å². The zero-order chi connectivity index (χ0) is 24.1. The summed E-state index contributed by atoms with van der Waals surface area (Å²) < 4.78 is 19.0. The fourth-order valence-corrected chi connectivity index (χ4v) is 5.87. The molecule has 34 heavy (non-hydrogen) atoms. The largest absolute Gasteiger partial charge is 0.381 e. The Balaban J connectivity index is 1.30. The second kappa shape index (κ2) is 11.4. The number of hydrogen-bond acceptors (Lipinski definition) is 6. The summed E-state index contributed by atoms with van der Waals surface area (Å²) in [5, 5.41) is 6.34. The summed E-state index contributed by atoms with van der Waals surface area (Å²) >= 11 is 1.20. The van der Waals surface area contributed by atoms with Crippen molar-refractivity contribution >= 4 is 28.3 Å². The standard InChI is InChI=1S/C25H33FN4O3S/c1-16-23(17(2)31)34-25(27-16)29-24(32)28-22-9-11-33-15-20(22)14-30-10-3-4-19(13-30)12-18-5-7-21(26)8-6-18/h5-8,19-20,22H,3-4,9-15H2,1-2H3,(H2,27,28,29,32)/t19?,20-,22+/m0/s1. The van der Waals surface area contributed by atoms with Gasteiger partial charge in [0.2, 0.25) is 0 Å². The predicted octanol–water partition coefficient (Wildman–Crippen LogP) is 4.27. The molecule has 2 aliphatic rings. The van der Waals surface area contributed by atoms with E-state index in [1.165, 1.54) is 42.4 Å². The number of likely N-dealkylation sites (tertiary alicyclic amines) is 1. The first-order chi connectivity index (χ1) is 16.4. The summed E-state index contributed by atoms with van der Waals surface area (Å²) in [5.41, 5.74) is 1.81. The van der Waals surface area contributed by atoms with Crippen molar-refractivity contribution in [1.82, 2.24) is 15.2 Å². The van der Waals surface area contributed by atoms with Crippen LogP contribution in [-0.4, -0.2) is 60.6 Å². The number of rotatable bonds is 7. The molecule has 2 fully saturated rings. The summed E-state index contributed by atoms with van der Waals surface area (Å²) in [6.45, 7) is 7.43. The minimum atomic E-state index is -0.298. The van der Waals surface area contributed by atoms with Crippen LogP contribution in [0.1, 0.15) is 47.1 Å². The van der Waals surface area contributed by atoms with Crippen molar-refractivity contribution in [3.63, 3.8) is 0 Å². The number of piperidine rings is 1. The van der Waals surface area contributed by atoms with E-state index in [1.54, 1.807) is 6.92 Å². The van der Waals surface area contributed by atoms with Crippen LogP contribution in [0, 0.1) is 24.6 Å². The summed E-state index contributed by atoms with van der Waals surface area (Å²) in [6, 6.07) is 6.54. The first-order valence-electron chi connectivity index (χ1n) is 12.0. The van der Waals surface area contributed by atoms with Crippen LogP contribution in [-0.2, 0) is 11.2 Å². The van der Waals surface area contributed by atoms with Gasteiger partial charge in [0, 0.05) is 38.6 Å². The van der Waals surface area contributed by atoms with Gasteiger partial charge in [-0.3, -0.25) is 10.1 Å². The van der Waals surface area contributed by atoms with Gasteiger partial charge in [-0.05, 0) is 62.8 Å². The molecule has 0 radical (unpaired) electrons. The molecule has 184 valence electrons. The quantitative estimate of drug-likeness (QED) is 0.569. The van der Waals surface area contributed by atoms with E-state index in [9.17, 15) is 14.0 Å². The number of Topliss-reactive ketones (excluding diaryl/α,β-unsaturated/α-hetero) is 1. The van der Waals surface area contributed by atoms with Crippen LogP contribution in [0.5, 0.6) is 0 Å². The van der Waals surface area contributed by atoms with Gasteiger partial charge in [0.15, 0.2) is 10.9 Å². The Morgan fingerprint density at radius 1 is 1.26 bits per heavy atom. The molecule has 2 saturated heterocycles. The Labute approximate surface area is 204 Å². The van der Waals surface area contributed by atoms with Crippen LogP contribution >= 0.6 is 11.3 Å². The van der Waals surface area contributed by atoms with E-state index in [0.29, 0.717) is 34.8 Å². The Kier molecular flexibility index (Phi) is 8.28. The average Bonchev–Trinajstić information content (AvgIpc) is 3.17. The zero-order valence-corrected chi connectivity index (χ0v) is 20.6. The number of aryl methyl sites for hydroxylation is 1. The molecule has 1 aromatic heterocycles. The van der Waals surface area contributed by atoms with E-state index in [-0.39, 0.29) is 29.6 Å². The molecular formula is C25H33FN4O3S. The Bertz CT molecular complexity index is 997. The third-order valence-corrected chi connectivity index (χ3v) is 7.83. The number of aromatic nitrogens is 1. The van der Waals surface area contributed by atoms with E-state index < -0.39 is 0 Å². The monoisotopic (exact) mass is 488 g/mol. The Hall–Kier alpha value is -2.36. The fraction of sp³-hybridized carbons (Fsp3) is 0.560. The number of hydrogen-bond donors (Lipinski definition) is 2. The van der Waals surface area contributed by atoms with Crippen LogP contribution in [0.2, 0.25) is 0 Å². The van der Waals surface area contributed by atoms with Gasteiger partial charge in [-0.1, -0.05) is 23.5 Å². The number of ether oxygens (including phenoxy) is 1. The fourth-order valence-electron chi connectivity index (χ4n) is 5.01. The summed E-state index contributed by atoms with van der Waals surface area (Å²) in [4.78, 5) is 31.7. The topological polar surface area (TPSA) is 83.6 Å². The maximum Gasteiger partial charge on any atom is 0.321 e. The minimum Gasteiger partial charge on any atom is -0.381 e. The van der Waals surface area contributed by atoms with E-state index in [0.717, 1.165) is 38.9 Å². The third kappa shape index (κ3) is 6.61. The number of halogens is 1. The molecule has 0 aliphatic carbocycles. The number of nitrogens with zero attached hydrogens (tertiary/aromatic N) is 2. The molecule has 3 atom stereocenters. The SMILES string of the molecule is CC(=O)c1sc(NC(=O)N[C@@H]2CCOC[C@@H]2CN2CCCC(Cc3ccc(F)cc3)C2)nc1C. The maximum atomic E-state index is 13.2.